The third-order valence-electron chi connectivity index (χ3n) is 4.79. The first-order valence-corrected chi connectivity index (χ1v) is 8.37. The zero-order chi connectivity index (χ0) is 17.6. The van der Waals surface area contributed by atoms with E-state index >= 15 is 0 Å². The van der Waals surface area contributed by atoms with E-state index in [-0.39, 0.29) is 17.9 Å². The minimum Gasteiger partial charge on any atom is -0.423 e. The van der Waals surface area contributed by atoms with E-state index in [2.05, 4.69) is 15.3 Å². The quantitative estimate of drug-likeness (QED) is 0.792. The molecule has 25 heavy (non-hydrogen) atoms. The second-order valence-electron chi connectivity index (χ2n) is 6.69. The van der Waals surface area contributed by atoms with Gasteiger partial charge in [-0.1, -0.05) is 12.1 Å². The van der Waals surface area contributed by atoms with Crippen molar-refractivity contribution in [3.8, 4) is 0 Å². The molecule has 0 spiro atoms. The molecule has 0 bridgehead atoms. The maximum absolute atomic E-state index is 11.8. The lowest BCUT2D eigenvalue weighted by Gasteiger charge is -2.16. The molecule has 1 fully saturated rings. The van der Waals surface area contributed by atoms with Crippen LogP contribution < -0.4 is 5.32 Å². The van der Waals surface area contributed by atoms with Gasteiger partial charge < -0.3 is 19.2 Å². The van der Waals surface area contributed by atoms with E-state index in [1.807, 2.05) is 47.8 Å². The molecule has 1 amide bonds. The fourth-order valence-electron chi connectivity index (χ4n) is 3.44. The number of fused-ring (bicyclic) bond motifs is 1. The number of nitrogens with one attached hydrogen (secondary N) is 1. The number of imidazole rings is 1. The summed E-state index contributed by atoms with van der Waals surface area (Å²) in [5, 5.41) is 3.38. The van der Waals surface area contributed by atoms with E-state index < -0.39 is 0 Å². The molecular formula is C18H21N5O2. The number of hydrogen-bond acceptors (Lipinski definition) is 5. The van der Waals surface area contributed by atoms with Crippen molar-refractivity contribution in [2.45, 2.75) is 25.8 Å². The average Bonchev–Trinajstić information content (AvgIpc) is 3.26. The third-order valence-corrected chi connectivity index (χ3v) is 4.79. The van der Waals surface area contributed by atoms with Crippen molar-refractivity contribution in [3.05, 3.63) is 42.0 Å². The first-order chi connectivity index (χ1) is 12.0. The van der Waals surface area contributed by atoms with E-state index in [1.165, 1.54) is 0 Å². The van der Waals surface area contributed by atoms with Gasteiger partial charge in [-0.05, 0) is 18.6 Å². The predicted molar refractivity (Wildman–Crippen MR) is 94.4 cm³/mol. The fourth-order valence-corrected chi connectivity index (χ4v) is 3.44. The van der Waals surface area contributed by atoms with Crippen LogP contribution in [0.3, 0.4) is 0 Å². The molecule has 0 unspecified atom stereocenters. The Morgan fingerprint density at radius 3 is 2.88 bits per heavy atom. The van der Waals surface area contributed by atoms with Gasteiger partial charge in [-0.2, -0.15) is 4.98 Å². The molecule has 0 saturated carbocycles. The van der Waals surface area contributed by atoms with Crippen molar-refractivity contribution in [3.63, 3.8) is 0 Å². The molecule has 1 aromatic carbocycles. The van der Waals surface area contributed by atoms with Crippen molar-refractivity contribution in [1.82, 2.24) is 19.4 Å². The Morgan fingerprint density at radius 1 is 1.36 bits per heavy atom. The summed E-state index contributed by atoms with van der Waals surface area (Å²) < 4.78 is 7.82. The van der Waals surface area contributed by atoms with Gasteiger partial charge in [-0.15, -0.1) is 0 Å². The van der Waals surface area contributed by atoms with Crippen LogP contribution in [0.4, 0.5) is 6.01 Å². The number of aryl methyl sites for hydroxylation is 2. The van der Waals surface area contributed by atoms with Crippen LogP contribution >= 0.6 is 0 Å². The van der Waals surface area contributed by atoms with Crippen molar-refractivity contribution in [2.75, 3.05) is 18.4 Å². The first-order valence-electron chi connectivity index (χ1n) is 8.37. The molecule has 1 saturated heterocycles. The van der Waals surface area contributed by atoms with Gasteiger partial charge in [0.2, 0.25) is 5.91 Å². The monoisotopic (exact) mass is 339 g/mol. The molecule has 1 aliphatic heterocycles. The standard InChI is InChI=1S/C18H21N5O2/c1-11-5-4-6-14-17(11)25-18(20-14)21-16-9-23(12(2)24)7-13(16)15-8-22(3)10-19-15/h4-6,8,10,13,16H,7,9H2,1-3H3,(H,20,21)/t13-,16+/m0/s1. The van der Waals surface area contributed by atoms with Crippen LogP contribution in [0.25, 0.3) is 11.1 Å². The van der Waals surface area contributed by atoms with E-state index in [9.17, 15) is 4.79 Å². The molecule has 130 valence electrons. The Balaban J connectivity index is 1.63. The van der Waals surface area contributed by atoms with Gasteiger partial charge in [0.25, 0.3) is 6.01 Å². The Bertz CT molecular complexity index is 929. The minimum absolute atomic E-state index is 0.00664. The number of rotatable bonds is 3. The number of carbonyl (C=O) groups is 1. The van der Waals surface area contributed by atoms with Crippen LogP contribution in [0.5, 0.6) is 0 Å². The molecule has 7 heteroatoms. The Kier molecular flexibility index (Phi) is 3.71. The summed E-state index contributed by atoms with van der Waals surface area (Å²) in [6, 6.07) is 6.39. The molecule has 2 aromatic heterocycles. The summed E-state index contributed by atoms with van der Waals surface area (Å²) >= 11 is 0. The van der Waals surface area contributed by atoms with Crippen LogP contribution in [-0.2, 0) is 11.8 Å². The van der Waals surface area contributed by atoms with E-state index in [1.54, 1.807) is 13.3 Å². The summed E-state index contributed by atoms with van der Waals surface area (Å²) in [5.74, 6) is 0.167. The molecule has 3 aromatic rings. The number of benzene rings is 1. The number of likely N-dealkylation sites (tertiary alicyclic amines) is 1. The number of hydrogen-bond donors (Lipinski definition) is 1. The van der Waals surface area contributed by atoms with Crippen molar-refractivity contribution >= 4 is 23.0 Å². The molecule has 1 N–H and O–H groups in total. The number of anilines is 1. The van der Waals surface area contributed by atoms with Crippen LogP contribution in [-0.4, -0.2) is 44.5 Å². The Hall–Kier alpha value is -2.83. The van der Waals surface area contributed by atoms with Crippen molar-refractivity contribution < 1.29 is 9.21 Å². The molecular weight excluding hydrogens is 318 g/mol. The summed E-state index contributed by atoms with van der Waals surface area (Å²) in [4.78, 5) is 22.7. The lowest BCUT2D eigenvalue weighted by molar-refractivity contribution is -0.127. The van der Waals surface area contributed by atoms with Gasteiger partial charge in [0.05, 0.1) is 18.1 Å². The normalized spacial score (nSPS) is 20.4. The number of aromatic nitrogens is 3. The average molecular weight is 339 g/mol. The van der Waals surface area contributed by atoms with Crippen LogP contribution in [0, 0.1) is 6.92 Å². The zero-order valence-corrected chi connectivity index (χ0v) is 14.6. The number of carbonyl (C=O) groups excluding carboxylic acids is 1. The molecule has 2 atom stereocenters. The number of nitrogens with zero attached hydrogens (tertiary/aromatic N) is 4. The van der Waals surface area contributed by atoms with Gasteiger partial charge in [0.1, 0.15) is 5.52 Å². The van der Waals surface area contributed by atoms with Gasteiger partial charge in [-0.25, -0.2) is 4.98 Å². The van der Waals surface area contributed by atoms with Gasteiger partial charge in [0, 0.05) is 39.2 Å². The first kappa shape index (κ1) is 15.7. The maximum atomic E-state index is 11.8. The highest BCUT2D eigenvalue weighted by atomic mass is 16.4. The van der Waals surface area contributed by atoms with E-state index in [0.29, 0.717) is 19.1 Å². The Labute approximate surface area is 145 Å². The smallest absolute Gasteiger partial charge is 0.295 e. The molecule has 7 nitrogen and oxygen atoms in total. The largest absolute Gasteiger partial charge is 0.423 e. The highest BCUT2D eigenvalue weighted by molar-refractivity contribution is 5.78. The van der Waals surface area contributed by atoms with Crippen molar-refractivity contribution in [2.24, 2.45) is 7.05 Å². The molecule has 1 aliphatic rings. The summed E-state index contributed by atoms with van der Waals surface area (Å²) in [6.07, 6.45) is 3.78. The molecule has 4 rings (SSSR count). The molecule has 0 aliphatic carbocycles. The number of para-hydroxylation sites is 1. The third kappa shape index (κ3) is 2.86. The fraction of sp³-hybridized carbons (Fsp3) is 0.389. The van der Waals surface area contributed by atoms with E-state index in [4.69, 9.17) is 4.42 Å². The SMILES string of the molecule is CC(=O)N1C[C@@H](Nc2nc3cccc(C)c3o2)[C@H](c2cn(C)cn2)C1. The molecule has 0 radical (unpaired) electrons. The lowest BCUT2D eigenvalue weighted by Crippen LogP contribution is -2.30. The maximum Gasteiger partial charge on any atom is 0.295 e. The van der Waals surface area contributed by atoms with Crippen LogP contribution in [0.1, 0.15) is 24.1 Å². The van der Waals surface area contributed by atoms with Crippen molar-refractivity contribution in [1.29, 1.82) is 0 Å². The predicted octanol–water partition coefficient (Wildman–Crippen LogP) is 2.30. The topological polar surface area (TPSA) is 76.2 Å². The Morgan fingerprint density at radius 2 is 2.20 bits per heavy atom. The highest BCUT2D eigenvalue weighted by Gasteiger charge is 2.37. The zero-order valence-electron chi connectivity index (χ0n) is 14.6. The highest BCUT2D eigenvalue weighted by Crippen LogP contribution is 2.30. The van der Waals surface area contributed by atoms with E-state index in [0.717, 1.165) is 22.4 Å². The van der Waals surface area contributed by atoms with Gasteiger partial charge >= 0.3 is 0 Å². The van der Waals surface area contributed by atoms with Crippen LogP contribution in [0.2, 0.25) is 0 Å². The minimum atomic E-state index is 0.00664. The van der Waals surface area contributed by atoms with Crippen LogP contribution in [0.15, 0.2) is 35.1 Å². The summed E-state index contributed by atoms with van der Waals surface area (Å²) in [6.45, 7) is 4.85. The lowest BCUT2D eigenvalue weighted by atomic mass is 10.0. The second kappa shape index (κ2) is 5.91. The van der Waals surface area contributed by atoms with Gasteiger partial charge in [-0.3, -0.25) is 4.79 Å². The number of oxazole rings is 1. The second-order valence-corrected chi connectivity index (χ2v) is 6.69. The number of amides is 1. The molecule has 3 heterocycles. The summed E-state index contributed by atoms with van der Waals surface area (Å²) in [5.41, 5.74) is 3.64. The van der Waals surface area contributed by atoms with Gasteiger partial charge in [0.15, 0.2) is 5.58 Å². The summed E-state index contributed by atoms with van der Waals surface area (Å²) in [7, 11) is 1.94.